The van der Waals surface area contributed by atoms with Gasteiger partial charge in [-0.2, -0.15) is 10.6 Å². The fourth-order valence-electron chi connectivity index (χ4n) is 2.21. The van der Waals surface area contributed by atoms with Gasteiger partial charge in [0.1, 0.15) is 5.75 Å². The lowest BCUT2D eigenvalue weighted by molar-refractivity contribution is -0.143. The van der Waals surface area contributed by atoms with E-state index in [4.69, 9.17) is 9.47 Å². The lowest BCUT2D eigenvalue weighted by Gasteiger charge is -2.37. The first-order valence-electron chi connectivity index (χ1n) is 7.15. The molecule has 0 amide bonds. The molecule has 1 aromatic carbocycles. The number of hydrogen-bond donors (Lipinski definition) is 2. The first-order valence-corrected chi connectivity index (χ1v) is 8.87. The highest BCUT2D eigenvalue weighted by Gasteiger charge is 2.29. The number of ether oxygens (including phenoxy) is 2. The van der Waals surface area contributed by atoms with Crippen LogP contribution < -0.4 is 4.74 Å². The maximum atomic E-state index is 11.8. The number of carbonyl (C=O) groups excluding carboxylic acids is 2. The Hall–Kier alpha value is -1.57. The minimum absolute atomic E-state index is 0.0607. The van der Waals surface area contributed by atoms with E-state index in [0.717, 1.165) is 0 Å². The van der Waals surface area contributed by atoms with E-state index in [2.05, 4.69) is 0 Å². The van der Waals surface area contributed by atoms with Gasteiger partial charge in [-0.05, 0) is 25.5 Å². The summed E-state index contributed by atoms with van der Waals surface area (Å²) in [5, 5.41) is 0. The molecule has 0 aliphatic carbocycles. The van der Waals surface area contributed by atoms with Crippen LogP contribution in [0.5, 0.6) is 5.75 Å². The van der Waals surface area contributed by atoms with Gasteiger partial charge in [0.2, 0.25) is 0 Å². The molecular weight excluding hydrogens is 308 g/mol. The molecule has 0 aromatic heterocycles. The van der Waals surface area contributed by atoms with E-state index in [1.54, 1.807) is 19.1 Å². The van der Waals surface area contributed by atoms with Crippen LogP contribution >= 0.6 is 10.6 Å². The third-order valence-electron chi connectivity index (χ3n) is 3.32. The van der Waals surface area contributed by atoms with E-state index in [0.29, 0.717) is 30.9 Å². The van der Waals surface area contributed by atoms with Crippen molar-refractivity contribution in [2.75, 3.05) is 19.0 Å². The number of carbonyl (C=O) groups is 2. The molecular formula is C15H20O6S. The van der Waals surface area contributed by atoms with Crippen molar-refractivity contribution in [2.45, 2.75) is 31.1 Å². The maximum absolute atomic E-state index is 11.8. The molecule has 7 heteroatoms. The van der Waals surface area contributed by atoms with Gasteiger partial charge in [-0.15, -0.1) is 0 Å². The summed E-state index contributed by atoms with van der Waals surface area (Å²) in [6.07, 6.45) is 0.923. The summed E-state index contributed by atoms with van der Waals surface area (Å²) in [5.41, 5.74) is 0.352. The molecule has 2 N–H and O–H groups in total. The van der Waals surface area contributed by atoms with Crippen LogP contribution in [0.15, 0.2) is 23.1 Å². The Morgan fingerprint density at radius 1 is 1.36 bits per heavy atom. The molecule has 6 nitrogen and oxygen atoms in total. The van der Waals surface area contributed by atoms with Gasteiger partial charge in [0.05, 0.1) is 18.1 Å². The second-order valence-corrected chi connectivity index (χ2v) is 7.14. The molecule has 0 fully saturated rings. The zero-order chi connectivity index (χ0) is 16.2. The van der Waals surface area contributed by atoms with Crippen LogP contribution in [0.4, 0.5) is 0 Å². The Balaban J connectivity index is 1.96. The van der Waals surface area contributed by atoms with Crippen LogP contribution in [0.25, 0.3) is 0 Å². The third kappa shape index (κ3) is 4.00. The van der Waals surface area contributed by atoms with E-state index < -0.39 is 10.6 Å². The summed E-state index contributed by atoms with van der Waals surface area (Å²) in [6.45, 7) is 2.42. The Morgan fingerprint density at radius 2 is 2.14 bits per heavy atom. The van der Waals surface area contributed by atoms with Crippen molar-refractivity contribution in [2.24, 2.45) is 0 Å². The zero-order valence-electron chi connectivity index (χ0n) is 12.4. The normalized spacial score (nSPS) is 17.5. The van der Waals surface area contributed by atoms with Gasteiger partial charge < -0.3 is 9.47 Å². The molecule has 0 bridgehead atoms. The van der Waals surface area contributed by atoms with E-state index in [1.807, 2.05) is 0 Å². The van der Waals surface area contributed by atoms with Crippen LogP contribution in [0.2, 0.25) is 0 Å². The van der Waals surface area contributed by atoms with Gasteiger partial charge in [-0.25, -0.2) is 0 Å². The van der Waals surface area contributed by atoms with Crippen LogP contribution in [0, 0.1) is 0 Å². The van der Waals surface area contributed by atoms with Gasteiger partial charge in [0.25, 0.3) is 0 Å². The van der Waals surface area contributed by atoms with Crippen molar-refractivity contribution in [3.8, 4) is 5.75 Å². The molecule has 122 valence electrons. The number of Topliss-reactive ketones (excluding diaryl/α,β-unsaturated/α-hetero) is 1. The highest BCUT2D eigenvalue weighted by atomic mass is 32.3. The smallest absolute Gasteiger partial charge is 0.305 e. The molecule has 2 rings (SSSR count). The summed E-state index contributed by atoms with van der Waals surface area (Å²) in [4.78, 5) is 23.2. The molecule has 1 aliphatic rings. The fourth-order valence-corrected chi connectivity index (χ4v) is 3.74. The zero-order valence-corrected chi connectivity index (χ0v) is 13.2. The van der Waals surface area contributed by atoms with Gasteiger partial charge in [0.15, 0.2) is 5.78 Å². The SMILES string of the molecule is CCOC(=O)CCCOc1ccc2c(c1)S(O)(O)CCC2=O. The quantitative estimate of drug-likeness (QED) is 0.615. The first kappa shape index (κ1) is 16.8. The average molecular weight is 328 g/mol. The number of benzene rings is 1. The Labute approximate surface area is 130 Å². The Kier molecular flexibility index (Phi) is 5.44. The largest absolute Gasteiger partial charge is 0.494 e. The number of ketones is 1. The van der Waals surface area contributed by atoms with Gasteiger partial charge >= 0.3 is 5.97 Å². The number of hydrogen-bond acceptors (Lipinski definition) is 6. The molecule has 1 heterocycles. The molecule has 0 unspecified atom stereocenters. The summed E-state index contributed by atoms with van der Waals surface area (Å²) in [5.74, 6) is 0.161. The molecule has 0 saturated carbocycles. The van der Waals surface area contributed by atoms with Gasteiger partial charge in [-0.1, -0.05) is 0 Å². The van der Waals surface area contributed by atoms with Crippen LogP contribution in [-0.2, 0) is 9.53 Å². The lowest BCUT2D eigenvalue weighted by atomic mass is 10.1. The predicted octanol–water partition coefficient (Wildman–Crippen LogP) is 3.10. The third-order valence-corrected chi connectivity index (χ3v) is 5.13. The second kappa shape index (κ2) is 7.13. The van der Waals surface area contributed by atoms with E-state index >= 15 is 0 Å². The van der Waals surface area contributed by atoms with E-state index in [-0.39, 0.29) is 35.2 Å². The summed E-state index contributed by atoms with van der Waals surface area (Å²) >= 11 is 0. The van der Waals surface area contributed by atoms with E-state index in [1.165, 1.54) is 6.07 Å². The average Bonchev–Trinajstić information content (AvgIpc) is 2.48. The number of rotatable bonds is 6. The van der Waals surface area contributed by atoms with Crippen LogP contribution in [0.1, 0.15) is 36.5 Å². The van der Waals surface area contributed by atoms with Crippen molar-refractivity contribution in [3.63, 3.8) is 0 Å². The molecule has 1 aliphatic heterocycles. The minimum atomic E-state index is -2.92. The topological polar surface area (TPSA) is 93.1 Å². The molecule has 22 heavy (non-hydrogen) atoms. The summed E-state index contributed by atoms with van der Waals surface area (Å²) in [7, 11) is -2.92. The Morgan fingerprint density at radius 3 is 2.86 bits per heavy atom. The number of fused-ring (bicyclic) bond motifs is 1. The van der Waals surface area contributed by atoms with Gasteiger partial charge in [-0.3, -0.25) is 18.7 Å². The van der Waals surface area contributed by atoms with Crippen molar-refractivity contribution >= 4 is 22.3 Å². The summed E-state index contributed by atoms with van der Waals surface area (Å²) < 4.78 is 30.4. The molecule has 0 radical (unpaired) electrons. The maximum Gasteiger partial charge on any atom is 0.305 e. The van der Waals surface area contributed by atoms with Crippen molar-refractivity contribution < 1.29 is 28.2 Å². The Bertz CT molecular complexity index is 569. The van der Waals surface area contributed by atoms with Crippen molar-refractivity contribution in [1.29, 1.82) is 0 Å². The van der Waals surface area contributed by atoms with Crippen molar-refractivity contribution in [3.05, 3.63) is 23.8 Å². The lowest BCUT2D eigenvalue weighted by Crippen LogP contribution is -2.18. The van der Waals surface area contributed by atoms with Crippen LogP contribution in [0.3, 0.4) is 0 Å². The number of esters is 1. The standard InChI is InChI=1S/C15H20O6S/c1-2-20-15(17)4-3-8-21-11-5-6-12-13(16)7-9-22(18,19)14(12)10-11/h5-6,10,18-19H,2-4,7-9H2,1H3. The minimum Gasteiger partial charge on any atom is -0.494 e. The molecule has 0 saturated heterocycles. The highest BCUT2D eigenvalue weighted by Crippen LogP contribution is 2.54. The second-order valence-electron chi connectivity index (χ2n) is 4.96. The first-order chi connectivity index (χ1) is 10.4. The van der Waals surface area contributed by atoms with Gasteiger partial charge in [0, 0.05) is 30.2 Å². The monoisotopic (exact) mass is 328 g/mol. The molecule has 0 spiro atoms. The fraction of sp³-hybridized carbons (Fsp3) is 0.467. The predicted molar refractivity (Wildman–Crippen MR) is 82.7 cm³/mol. The highest BCUT2D eigenvalue weighted by molar-refractivity contribution is 8.24. The molecule has 0 atom stereocenters. The van der Waals surface area contributed by atoms with E-state index in [9.17, 15) is 18.7 Å². The molecule has 1 aromatic rings. The van der Waals surface area contributed by atoms with Crippen molar-refractivity contribution in [1.82, 2.24) is 0 Å². The summed E-state index contributed by atoms with van der Waals surface area (Å²) in [6, 6.07) is 4.69. The van der Waals surface area contributed by atoms with Crippen LogP contribution in [-0.4, -0.2) is 39.8 Å².